The van der Waals surface area contributed by atoms with E-state index in [-0.39, 0.29) is 12.3 Å². The Hall–Kier alpha value is -2.05. The Bertz CT molecular complexity index is 632. The molecule has 0 saturated heterocycles. The second-order valence-electron chi connectivity index (χ2n) is 3.96. The number of fused-ring (bicyclic) bond motifs is 1. The molecule has 2 aromatic rings. The van der Waals surface area contributed by atoms with Gasteiger partial charge in [0.05, 0.1) is 6.61 Å². The quantitative estimate of drug-likeness (QED) is 0.789. The molecule has 4 nitrogen and oxygen atoms in total. The first-order chi connectivity index (χ1) is 8.84. The summed E-state index contributed by atoms with van der Waals surface area (Å²) in [6, 6.07) is 3.05. The van der Waals surface area contributed by atoms with E-state index in [4.69, 9.17) is 0 Å². The Kier molecular flexibility index (Phi) is 3.21. The fraction of sp³-hybridized carbons (Fsp3) is 0.333. The maximum Gasteiger partial charge on any atom is 0.435 e. The highest BCUT2D eigenvalue weighted by Crippen LogP contribution is 2.32. The van der Waals surface area contributed by atoms with Crippen LogP contribution in [-0.4, -0.2) is 22.0 Å². The number of esters is 1. The van der Waals surface area contributed by atoms with Gasteiger partial charge in [-0.05, 0) is 25.5 Å². The van der Waals surface area contributed by atoms with Gasteiger partial charge in [-0.15, -0.1) is 0 Å². The van der Waals surface area contributed by atoms with Crippen molar-refractivity contribution in [2.75, 3.05) is 6.61 Å². The Labute approximate surface area is 106 Å². The predicted molar refractivity (Wildman–Crippen MR) is 60.9 cm³/mol. The van der Waals surface area contributed by atoms with E-state index in [1.165, 1.54) is 19.2 Å². The summed E-state index contributed by atoms with van der Waals surface area (Å²) in [6.45, 7) is 3.23. The maximum atomic E-state index is 12.9. The highest BCUT2D eigenvalue weighted by atomic mass is 19.4. The van der Waals surface area contributed by atoms with Crippen LogP contribution in [0.2, 0.25) is 0 Å². The molecular weight excluding hydrogens is 261 g/mol. The van der Waals surface area contributed by atoms with Gasteiger partial charge in [0, 0.05) is 6.20 Å². The number of nitrogens with zero attached hydrogens (tertiary/aromatic N) is 2. The average Bonchev–Trinajstić information content (AvgIpc) is 2.67. The summed E-state index contributed by atoms with van der Waals surface area (Å²) in [5.74, 6) is -1.03. The lowest BCUT2D eigenvalue weighted by atomic mass is 10.3. The molecule has 2 heterocycles. The molecule has 0 aliphatic heterocycles. The molecule has 0 saturated carbocycles. The van der Waals surface area contributed by atoms with Crippen LogP contribution < -0.4 is 0 Å². The molecule has 0 N–H and O–H groups in total. The molecular formula is C12H11F3N2O2. The van der Waals surface area contributed by atoms with Crippen molar-refractivity contribution in [2.45, 2.75) is 20.0 Å². The van der Waals surface area contributed by atoms with Gasteiger partial charge in [-0.3, -0.25) is 4.40 Å². The largest absolute Gasteiger partial charge is 0.461 e. The molecule has 2 aromatic heterocycles. The van der Waals surface area contributed by atoms with E-state index >= 15 is 0 Å². The molecule has 102 valence electrons. The van der Waals surface area contributed by atoms with Gasteiger partial charge in [0.2, 0.25) is 0 Å². The smallest absolute Gasteiger partial charge is 0.435 e. The van der Waals surface area contributed by atoms with Crippen molar-refractivity contribution in [2.24, 2.45) is 0 Å². The number of alkyl halides is 3. The minimum absolute atomic E-state index is 0.00478. The summed E-state index contributed by atoms with van der Waals surface area (Å²) in [4.78, 5) is 15.2. The van der Waals surface area contributed by atoms with Crippen LogP contribution in [0.4, 0.5) is 13.2 Å². The molecule has 0 radical (unpaired) electrons. The van der Waals surface area contributed by atoms with Crippen molar-refractivity contribution in [1.82, 2.24) is 9.38 Å². The highest BCUT2D eigenvalue weighted by molar-refractivity contribution is 5.90. The summed E-state index contributed by atoms with van der Waals surface area (Å²) in [7, 11) is 0. The number of carbonyl (C=O) groups excluding carboxylic acids is 1. The van der Waals surface area contributed by atoms with Gasteiger partial charge in [0.25, 0.3) is 0 Å². The Morgan fingerprint density at radius 2 is 2.11 bits per heavy atom. The van der Waals surface area contributed by atoms with Crippen molar-refractivity contribution in [3.05, 3.63) is 35.3 Å². The van der Waals surface area contributed by atoms with Crippen LogP contribution in [0.5, 0.6) is 0 Å². The van der Waals surface area contributed by atoms with Crippen molar-refractivity contribution in [3.63, 3.8) is 0 Å². The standard InChI is InChI=1S/C12H11F3N2O2/c1-3-19-11(18)9-10(12(13,14)15)16-8-5-4-7(2)6-17(8)9/h4-6H,3H2,1-2H3. The summed E-state index contributed by atoms with van der Waals surface area (Å²) in [6.07, 6.45) is -3.29. The molecule has 0 aromatic carbocycles. The topological polar surface area (TPSA) is 43.6 Å². The van der Waals surface area contributed by atoms with Crippen molar-refractivity contribution >= 4 is 11.6 Å². The molecule has 19 heavy (non-hydrogen) atoms. The maximum absolute atomic E-state index is 12.9. The van der Waals surface area contributed by atoms with Crippen LogP contribution in [0, 0.1) is 6.92 Å². The summed E-state index contributed by atoms with van der Waals surface area (Å²) in [5.41, 5.74) is -1.05. The fourth-order valence-electron chi connectivity index (χ4n) is 1.74. The number of halogens is 3. The van der Waals surface area contributed by atoms with E-state index in [0.29, 0.717) is 5.56 Å². The zero-order valence-electron chi connectivity index (χ0n) is 10.3. The van der Waals surface area contributed by atoms with Crippen LogP contribution >= 0.6 is 0 Å². The third kappa shape index (κ3) is 2.40. The number of aryl methyl sites for hydroxylation is 1. The predicted octanol–water partition coefficient (Wildman–Crippen LogP) is 2.84. The number of hydrogen-bond donors (Lipinski definition) is 0. The lowest BCUT2D eigenvalue weighted by Crippen LogP contribution is -2.16. The third-order valence-corrected chi connectivity index (χ3v) is 2.50. The van der Waals surface area contributed by atoms with Gasteiger partial charge in [0.1, 0.15) is 5.65 Å². The molecule has 0 aliphatic rings. The number of imidazole rings is 1. The van der Waals surface area contributed by atoms with E-state index in [2.05, 4.69) is 9.72 Å². The van der Waals surface area contributed by atoms with Gasteiger partial charge in [-0.1, -0.05) is 6.07 Å². The minimum atomic E-state index is -4.71. The Morgan fingerprint density at radius 3 is 2.68 bits per heavy atom. The van der Waals surface area contributed by atoms with Gasteiger partial charge in [-0.2, -0.15) is 13.2 Å². The molecule has 2 rings (SSSR count). The zero-order valence-corrected chi connectivity index (χ0v) is 10.3. The SMILES string of the molecule is CCOC(=O)c1c(C(F)(F)F)nc2ccc(C)cn12. The normalized spacial score (nSPS) is 11.8. The molecule has 7 heteroatoms. The van der Waals surface area contributed by atoms with E-state index in [9.17, 15) is 18.0 Å². The second kappa shape index (κ2) is 4.56. The van der Waals surface area contributed by atoms with Crippen LogP contribution in [-0.2, 0) is 10.9 Å². The zero-order chi connectivity index (χ0) is 14.2. The number of pyridine rings is 1. The first-order valence-electron chi connectivity index (χ1n) is 5.57. The van der Waals surface area contributed by atoms with Crippen LogP contribution in [0.1, 0.15) is 28.7 Å². The molecule has 0 amide bonds. The Morgan fingerprint density at radius 1 is 1.42 bits per heavy atom. The minimum Gasteiger partial charge on any atom is -0.461 e. The van der Waals surface area contributed by atoms with Crippen LogP contribution in [0.3, 0.4) is 0 Å². The lowest BCUT2D eigenvalue weighted by molar-refractivity contribution is -0.141. The van der Waals surface area contributed by atoms with E-state index in [1.54, 1.807) is 13.0 Å². The third-order valence-electron chi connectivity index (χ3n) is 2.50. The van der Waals surface area contributed by atoms with Crippen molar-refractivity contribution in [1.29, 1.82) is 0 Å². The van der Waals surface area contributed by atoms with Gasteiger partial charge in [-0.25, -0.2) is 9.78 Å². The monoisotopic (exact) mass is 272 g/mol. The first kappa shape index (κ1) is 13.4. The molecule has 0 aliphatic carbocycles. The van der Waals surface area contributed by atoms with Gasteiger partial charge in [0.15, 0.2) is 11.4 Å². The van der Waals surface area contributed by atoms with Gasteiger partial charge < -0.3 is 4.74 Å². The first-order valence-corrected chi connectivity index (χ1v) is 5.57. The molecule has 0 unspecified atom stereocenters. The van der Waals surface area contributed by atoms with E-state index in [0.717, 1.165) is 4.40 Å². The lowest BCUT2D eigenvalue weighted by Gasteiger charge is -2.07. The average molecular weight is 272 g/mol. The van der Waals surface area contributed by atoms with Gasteiger partial charge >= 0.3 is 12.1 Å². The second-order valence-corrected chi connectivity index (χ2v) is 3.96. The van der Waals surface area contributed by atoms with Crippen molar-refractivity contribution < 1.29 is 22.7 Å². The summed E-state index contributed by atoms with van der Waals surface area (Å²) < 4.78 is 44.5. The summed E-state index contributed by atoms with van der Waals surface area (Å²) in [5, 5.41) is 0. The van der Waals surface area contributed by atoms with E-state index < -0.39 is 23.5 Å². The fourth-order valence-corrected chi connectivity index (χ4v) is 1.74. The number of hydrogen-bond acceptors (Lipinski definition) is 3. The van der Waals surface area contributed by atoms with Crippen molar-refractivity contribution in [3.8, 4) is 0 Å². The molecule has 0 atom stereocenters. The number of carbonyl (C=O) groups is 1. The molecule has 0 spiro atoms. The highest BCUT2D eigenvalue weighted by Gasteiger charge is 2.40. The summed E-state index contributed by atoms with van der Waals surface area (Å²) >= 11 is 0. The Balaban J connectivity index is 2.74. The molecule has 0 fully saturated rings. The van der Waals surface area contributed by atoms with E-state index in [1.807, 2.05) is 0 Å². The number of ether oxygens (including phenoxy) is 1. The van der Waals surface area contributed by atoms with Crippen LogP contribution in [0.15, 0.2) is 18.3 Å². The number of rotatable bonds is 2. The van der Waals surface area contributed by atoms with Crippen LogP contribution in [0.25, 0.3) is 5.65 Å². The molecule has 0 bridgehead atoms. The number of aromatic nitrogens is 2.